The zero-order valence-corrected chi connectivity index (χ0v) is 15.8. The molecule has 2 N–H and O–H groups in total. The van der Waals surface area contributed by atoms with E-state index in [9.17, 15) is 9.90 Å². The minimum Gasteiger partial charge on any atom is -0.394 e. The maximum Gasteiger partial charge on any atom is 0.180 e. The number of nitrogens with zero attached hydrogens (tertiary/aromatic N) is 1. The summed E-state index contributed by atoms with van der Waals surface area (Å²) >= 11 is 0. The highest BCUT2D eigenvalue weighted by atomic mass is 16.3. The second-order valence-electron chi connectivity index (χ2n) is 9.32. The monoisotopic (exact) mass is 342 g/mol. The Morgan fingerprint density at radius 1 is 1.36 bits per heavy atom. The van der Waals surface area contributed by atoms with Gasteiger partial charge in [0.2, 0.25) is 0 Å². The molecule has 4 nitrogen and oxygen atoms in total. The van der Waals surface area contributed by atoms with E-state index < -0.39 is 0 Å². The molecular weight excluding hydrogens is 312 g/mol. The number of fused-ring (bicyclic) bond motifs is 4. The van der Waals surface area contributed by atoms with Crippen molar-refractivity contribution in [3.05, 3.63) is 29.3 Å². The molecule has 0 spiro atoms. The molecule has 1 saturated carbocycles. The number of aliphatic hydroxyl groups is 1. The van der Waals surface area contributed by atoms with Crippen molar-refractivity contribution >= 4 is 11.5 Å². The Kier molecular flexibility index (Phi) is 3.79. The summed E-state index contributed by atoms with van der Waals surface area (Å²) < 4.78 is 0. The number of carbonyl (C=O) groups is 1. The summed E-state index contributed by atoms with van der Waals surface area (Å²) in [7, 11) is 0. The molecule has 0 radical (unpaired) electrons. The summed E-state index contributed by atoms with van der Waals surface area (Å²) in [5, 5.41) is 12.9. The van der Waals surface area contributed by atoms with E-state index in [-0.39, 0.29) is 23.6 Å². The molecule has 0 aromatic heterocycles. The van der Waals surface area contributed by atoms with E-state index in [1.165, 1.54) is 18.4 Å². The van der Waals surface area contributed by atoms with Crippen LogP contribution in [0.4, 0.5) is 5.69 Å². The van der Waals surface area contributed by atoms with Crippen LogP contribution in [0.3, 0.4) is 0 Å². The third-order valence-electron chi connectivity index (χ3n) is 6.64. The lowest BCUT2D eigenvalue weighted by Crippen LogP contribution is -2.44. The van der Waals surface area contributed by atoms with Gasteiger partial charge in [0.15, 0.2) is 5.78 Å². The summed E-state index contributed by atoms with van der Waals surface area (Å²) in [6.07, 6.45) is 2.64. The van der Waals surface area contributed by atoms with Gasteiger partial charge < -0.3 is 10.4 Å². The Hall–Kier alpha value is -1.39. The van der Waals surface area contributed by atoms with Gasteiger partial charge in [-0.05, 0) is 62.3 Å². The van der Waals surface area contributed by atoms with E-state index in [2.05, 4.69) is 30.1 Å². The van der Waals surface area contributed by atoms with Crippen molar-refractivity contribution in [2.45, 2.75) is 57.5 Å². The smallest absolute Gasteiger partial charge is 0.180 e. The van der Waals surface area contributed by atoms with Gasteiger partial charge in [-0.15, -0.1) is 0 Å². The zero-order valence-electron chi connectivity index (χ0n) is 15.8. The second-order valence-corrected chi connectivity index (χ2v) is 9.32. The molecule has 1 aliphatic heterocycles. The van der Waals surface area contributed by atoms with Crippen LogP contribution in [0, 0.1) is 11.8 Å². The van der Waals surface area contributed by atoms with Crippen molar-refractivity contribution in [3.63, 3.8) is 0 Å². The molecule has 1 aromatic carbocycles. The molecule has 25 heavy (non-hydrogen) atoms. The van der Waals surface area contributed by atoms with Gasteiger partial charge in [0.25, 0.3) is 0 Å². The fraction of sp³-hybridized carbons (Fsp3) is 0.667. The standard InChI is InChI=1S/C21H30N2O2/c1-13-18-19(25)16-8-7-15(22-20(2,3)12-24)9-17(16)21(13,4)11-23(18)10-14-5-6-14/h7-9,13-14,18,22,24H,5-6,10-12H2,1-4H3/t13-,18-,21+/m0/s1. The van der Waals surface area contributed by atoms with Crippen molar-refractivity contribution in [2.75, 3.05) is 25.0 Å². The molecule has 3 atom stereocenters. The van der Waals surface area contributed by atoms with Crippen LogP contribution in [-0.4, -0.2) is 47.1 Å². The van der Waals surface area contributed by atoms with Crippen molar-refractivity contribution < 1.29 is 9.90 Å². The zero-order chi connectivity index (χ0) is 18.0. The average Bonchev–Trinajstić information content (AvgIpc) is 3.33. The predicted molar refractivity (Wildman–Crippen MR) is 100 cm³/mol. The number of anilines is 1. The lowest BCUT2D eigenvalue weighted by Gasteiger charge is -2.37. The van der Waals surface area contributed by atoms with Gasteiger partial charge in [-0.1, -0.05) is 13.8 Å². The summed E-state index contributed by atoms with van der Waals surface area (Å²) in [5.74, 6) is 1.44. The van der Waals surface area contributed by atoms with E-state index in [4.69, 9.17) is 0 Å². The molecule has 2 fully saturated rings. The predicted octanol–water partition coefficient (Wildman–Crippen LogP) is 3.05. The van der Waals surface area contributed by atoms with Crippen LogP contribution in [0.25, 0.3) is 0 Å². The van der Waals surface area contributed by atoms with Crippen LogP contribution >= 0.6 is 0 Å². The van der Waals surface area contributed by atoms with Crippen molar-refractivity contribution in [1.29, 1.82) is 0 Å². The van der Waals surface area contributed by atoms with E-state index in [0.29, 0.717) is 11.7 Å². The Morgan fingerprint density at radius 2 is 2.08 bits per heavy atom. The van der Waals surface area contributed by atoms with Crippen LogP contribution in [0.2, 0.25) is 0 Å². The average molecular weight is 342 g/mol. The van der Waals surface area contributed by atoms with E-state index >= 15 is 0 Å². The van der Waals surface area contributed by atoms with E-state index in [1.807, 2.05) is 26.0 Å². The lowest BCUT2D eigenvalue weighted by molar-refractivity contribution is 0.0819. The highest BCUT2D eigenvalue weighted by Crippen LogP contribution is 2.50. The number of nitrogens with one attached hydrogen (secondary N) is 1. The number of aliphatic hydroxyl groups excluding tert-OH is 1. The fourth-order valence-electron chi connectivity index (χ4n) is 4.76. The minimum absolute atomic E-state index is 0.0177. The number of hydrogen-bond donors (Lipinski definition) is 2. The first-order valence-corrected chi connectivity index (χ1v) is 9.57. The summed E-state index contributed by atoms with van der Waals surface area (Å²) in [5.41, 5.74) is 2.70. The number of ketones is 1. The molecule has 1 aromatic rings. The third-order valence-corrected chi connectivity index (χ3v) is 6.64. The molecule has 2 bridgehead atoms. The lowest BCUT2D eigenvalue weighted by atomic mass is 9.65. The van der Waals surface area contributed by atoms with Gasteiger partial charge >= 0.3 is 0 Å². The van der Waals surface area contributed by atoms with Crippen LogP contribution in [-0.2, 0) is 5.41 Å². The third kappa shape index (κ3) is 2.70. The Balaban J connectivity index is 1.71. The largest absolute Gasteiger partial charge is 0.394 e. The van der Waals surface area contributed by atoms with E-state index in [1.54, 1.807) is 0 Å². The van der Waals surface area contributed by atoms with Crippen LogP contribution in [0.5, 0.6) is 0 Å². The molecule has 4 heteroatoms. The van der Waals surface area contributed by atoms with Crippen molar-refractivity contribution in [2.24, 2.45) is 11.8 Å². The highest BCUT2D eigenvalue weighted by Gasteiger charge is 2.56. The molecule has 2 aliphatic carbocycles. The molecule has 1 saturated heterocycles. The maximum atomic E-state index is 13.2. The molecular formula is C21H30N2O2. The number of rotatable bonds is 5. The number of benzene rings is 1. The molecule has 3 aliphatic rings. The van der Waals surface area contributed by atoms with Gasteiger partial charge in [-0.2, -0.15) is 0 Å². The molecule has 4 rings (SSSR count). The second kappa shape index (κ2) is 5.55. The van der Waals surface area contributed by atoms with Gasteiger partial charge in [-0.25, -0.2) is 0 Å². The number of carbonyl (C=O) groups excluding carboxylic acids is 1. The topological polar surface area (TPSA) is 52.6 Å². The maximum absolute atomic E-state index is 13.2. The molecule has 0 amide bonds. The number of hydrogen-bond acceptors (Lipinski definition) is 4. The Bertz CT molecular complexity index is 710. The Morgan fingerprint density at radius 3 is 2.72 bits per heavy atom. The molecule has 0 unspecified atom stereocenters. The first-order chi connectivity index (χ1) is 11.7. The minimum atomic E-state index is -0.379. The van der Waals surface area contributed by atoms with Crippen LogP contribution in [0.15, 0.2) is 18.2 Å². The number of likely N-dealkylation sites (tertiary alicyclic amines) is 1. The Labute approximate surface area is 150 Å². The van der Waals surface area contributed by atoms with Gasteiger partial charge in [0, 0.05) is 29.8 Å². The van der Waals surface area contributed by atoms with Gasteiger partial charge in [0.1, 0.15) is 0 Å². The fourth-order valence-corrected chi connectivity index (χ4v) is 4.76. The molecule has 1 heterocycles. The first-order valence-electron chi connectivity index (χ1n) is 9.57. The number of Topliss-reactive ketones (excluding diaryl/α,β-unsaturated/α-hetero) is 1. The van der Waals surface area contributed by atoms with Crippen molar-refractivity contribution in [1.82, 2.24) is 4.90 Å². The normalized spacial score (nSPS) is 32.0. The van der Waals surface area contributed by atoms with E-state index in [0.717, 1.165) is 30.3 Å². The quantitative estimate of drug-likeness (QED) is 0.863. The summed E-state index contributed by atoms with van der Waals surface area (Å²) in [6.45, 7) is 10.6. The van der Waals surface area contributed by atoms with Gasteiger partial charge in [-0.3, -0.25) is 9.69 Å². The van der Waals surface area contributed by atoms with Crippen LogP contribution < -0.4 is 5.32 Å². The van der Waals surface area contributed by atoms with Crippen LogP contribution in [0.1, 0.15) is 56.5 Å². The first kappa shape index (κ1) is 17.0. The van der Waals surface area contributed by atoms with Crippen molar-refractivity contribution in [3.8, 4) is 0 Å². The summed E-state index contributed by atoms with van der Waals surface area (Å²) in [6, 6.07) is 6.17. The highest BCUT2D eigenvalue weighted by molar-refractivity contribution is 6.04. The molecule has 136 valence electrons. The SMILES string of the molecule is C[C@H]1[C@H]2C(=O)c3ccc(NC(C)(C)CO)cc3[C@]1(C)CN2CC1CC1. The summed E-state index contributed by atoms with van der Waals surface area (Å²) in [4.78, 5) is 15.6. The van der Waals surface area contributed by atoms with Gasteiger partial charge in [0.05, 0.1) is 18.2 Å².